The number of aliphatic hydroxyl groups is 1. The van der Waals surface area contributed by atoms with Gasteiger partial charge in [0.25, 0.3) is 0 Å². The number of terminal acetylenes is 1. The topological polar surface area (TPSA) is 87.1 Å². The maximum atomic E-state index is 12.4. The Labute approximate surface area is 181 Å². The highest BCUT2D eigenvalue weighted by molar-refractivity contribution is 7.17. The molecule has 0 aliphatic rings. The minimum absolute atomic E-state index is 0.233. The Morgan fingerprint density at radius 2 is 2.07 bits per heavy atom. The minimum Gasteiger partial charge on any atom is -0.394 e. The van der Waals surface area contributed by atoms with Gasteiger partial charge in [-0.2, -0.15) is 0 Å². The summed E-state index contributed by atoms with van der Waals surface area (Å²) >= 11 is 2.94. The normalized spacial score (nSPS) is 11.8. The Morgan fingerprint density at radius 1 is 1.27 bits per heavy atom. The molecule has 2 aromatic heterocycles. The number of hydrogen-bond donors (Lipinski definition) is 3. The maximum absolute atomic E-state index is 12.4. The van der Waals surface area contributed by atoms with Crippen molar-refractivity contribution in [3.8, 4) is 23.5 Å². The van der Waals surface area contributed by atoms with Gasteiger partial charge >= 0.3 is 6.03 Å². The predicted molar refractivity (Wildman–Crippen MR) is 122 cm³/mol. The van der Waals surface area contributed by atoms with E-state index in [0.717, 1.165) is 31.8 Å². The Morgan fingerprint density at radius 3 is 2.77 bits per heavy atom. The fourth-order valence-electron chi connectivity index (χ4n) is 3.12. The minimum atomic E-state index is -0.552. The van der Waals surface area contributed by atoms with Gasteiger partial charge in [0.2, 0.25) is 0 Å². The lowest BCUT2D eigenvalue weighted by atomic mass is 10.0. The highest BCUT2D eigenvalue weighted by Crippen LogP contribution is 2.31. The third-order valence-corrected chi connectivity index (χ3v) is 6.40. The zero-order chi connectivity index (χ0) is 21.1. The summed E-state index contributed by atoms with van der Waals surface area (Å²) in [5.74, 6) is 2.89. The molecule has 0 aliphatic carbocycles. The van der Waals surface area contributed by atoms with Gasteiger partial charge < -0.3 is 10.4 Å². The second kappa shape index (κ2) is 8.63. The molecular weight excluding hydrogens is 416 g/mol. The number of rotatable bonds is 5. The zero-order valence-electron chi connectivity index (χ0n) is 16.0. The van der Waals surface area contributed by atoms with Crippen LogP contribution < -0.4 is 10.6 Å². The van der Waals surface area contributed by atoms with Crippen LogP contribution in [0.1, 0.15) is 21.5 Å². The number of benzene rings is 2. The molecule has 2 amide bonds. The Hall–Kier alpha value is -3.25. The molecular formula is C22H18N4O2S2. The summed E-state index contributed by atoms with van der Waals surface area (Å²) < 4.78 is 1.13. The number of fused-ring (bicyclic) bond motifs is 1. The molecule has 4 rings (SSSR count). The molecule has 8 heteroatoms. The van der Waals surface area contributed by atoms with Crippen molar-refractivity contribution in [2.45, 2.75) is 13.0 Å². The van der Waals surface area contributed by atoms with Gasteiger partial charge in [0.05, 0.1) is 28.4 Å². The van der Waals surface area contributed by atoms with Crippen molar-refractivity contribution >= 4 is 44.7 Å². The van der Waals surface area contributed by atoms with Crippen molar-refractivity contribution < 1.29 is 9.90 Å². The lowest BCUT2D eigenvalue weighted by Crippen LogP contribution is -2.34. The van der Waals surface area contributed by atoms with Crippen LogP contribution in [-0.4, -0.2) is 27.7 Å². The van der Waals surface area contributed by atoms with Gasteiger partial charge in [0, 0.05) is 10.4 Å². The van der Waals surface area contributed by atoms with Crippen LogP contribution in [0, 0.1) is 19.3 Å². The number of aliphatic hydroxyl groups excluding tert-OH is 1. The number of hydrogen-bond acceptors (Lipinski definition) is 6. The Kier molecular flexibility index (Phi) is 5.77. The van der Waals surface area contributed by atoms with E-state index < -0.39 is 12.1 Å². The molecule has 0 saturated carbocycles. The number of aromatic nitrogens is 2. The smallest absolute Gasteiger partial charge is 0.320 e. The van der Waals surface area contributed by atoms with Crippen molar-refractivity contribution in [2.24, 2.45) is 0 Å². The highest BCUT2D eigenvalue weighted by atomic mass is 32.1. The summed E-state index contributed by atoms with van der Waals surface area (Å²) in [6, 6.07) is 12.8. The fourth-order valence-corrected chi connectivity index (χ4v) is 4.62. The summed E-state index contributed by atoms with van der Waals surface area (Å²) in [7, 11) is 0. The van der Waals surface area contributed by atoms with Crippen LogP contribution in [-0.2, 0) is 0 Å². The molecule has 0 radical (unpaired) electrons. The van der Waals surface area contributed by atoms with Crippen LogP contribution in [0.4, 0.5) is 10.6 Å². The van der Waals surface area contributed by atoms with Crippen LogP contribution in [0.5, 0.6) is 0 Å². The van der Waals surface area contributed by atoms with E-state index in [9.17, 15) is 9.90 Å². The first-order valence-corrected chi connectivity index (χ1v) is 10.8. The summed E-state index contributed by atoms with van der Waals surface area (Å²) in [6.07, 6.45) is 5.35. The first-order valence-electron chi connectivity index (χ1n) is 9.14. The molecule has 150 valence electrons. The van der Waals surface area contributed by atoms with Crippen molar-refractivity contribution in [1.82, 2.24) is 15.3 Å². The molecule has 0 saturated heterocycles. The second-order valence-electron chi connectivity index (χ2n) is 6.53. The van der Waals surface area contributed by atoms with E-state index in [2.05, 4.69) is 32.6 Å². The quantitative estimate of drug-likeness (QED) is 0.402. The molecule has 3 N–H and O–H groups in total. The van der Waals surface area contributed by atoms with E-state index in [-0.39, 0.29) is 6.61 Å². The molecule has 30 heavy (non-hydrogen) atoms. The average Bonchev–Trinajstić information content (AvgIpc) is 3.38. The lowest BCUT2D eigenvalue weighted by Gasteiger charge is -2.17. The zero-order valence-corrected chi connectivity index (χ0v) is 17.7. The van der Waals surface area contributed by atoms with E-state index in [1.165, 1.54) is 11.3 Å². The third kappa shape index (κ3) is 4.04. The van der Waals surface area contributed by atoms with Crippen LogP contribution in [0.2, 0.25) is 0 Å². The third-order valence-electron chi connectivity index (χ3n) is 4.62. The van der Waals surface area contributed by atoms with Crippen LogP contribution in [0.3, 0.4) is 0 Å². The van der Waals surface area contributed by atoms with Crippen molar-refractivity contribution in [3.63, 3.8) is 0 Å². The van der Waals surface area contributed by atoms with Crippen molar-refractivity contribution in [3.05, 3.63) is 63.4 Å². The number of anilines is 1. The first-order chi connectivity index (χ1) is 14.6. The monoisotopic (exact) mass is 434 g/mol. The standard InChI is InChI=1S/C22H18N4O2S2/c1-3-19-25-21(13(2)30-19)26-22(28)24-18(11-27)15-9-7-14(8-10-15)16-5-4-6-17-20(16)29-12-23-17/h1,4-10,12,18,27H,11H2,2H3,(H2,24,26,28)/t18-/m0/s1. The van der Waals surface area contributed by atoms with E-state index in [4.69, 9.17) is 6.42 Å². The number of carbonyl (C=O) groups excluding carboxylic acids is 1. The Bertz CT molecular complexity index is 1240. The number of thiazole rings is 2. The van der Waals surface area contributed by atoms with E-state index in [1.54, 1.807) is 11.3 Å². The lowest BCUT2D eigenvalue weighted by molar-refractivity contribution is 0.225. The molecule has 0 unspecified atom stereocenters. The van der Waals surface area contributed by atoms with Gasteiger partial charge in [-0.15, -0.1) is 29.1 Å². The SMILES string of the molecule is C#Cc1nc(NC(=O)N[C@@H](CO)c2ccc(-c3cccc4ncsc34)cc2)c(C)s1. The number of aryl methyl sites for hydroxylation is 1. The van der Waals surface area contributed by atoms with Gasteiger partial charge in [0.1, 0.15) is 5.82 Å². The molecule has 0 fully saturated rings. The summed E-state index contributed by atoms with van der Waals surface area (Å²) in [4.78, 5) is 21.7. The van der Waals surface area contributed by atoms with Crippen molar-refractivity contribution in [2.75, 3.05) is 11.9 Å². The predicted octanol–water partition coefficient (Wildman–Crippen LogP) is 4.56. The Balaban J connectivity index is 1.49. The van der Waals surface area contributed by atoms with Crippen LogP contribution in [0.15, 0.2) is 48.0 Å². The molecule has 2 heterocycles. The summed E-state index contributed by atoms with van der Waals surface area (Å²) in [6.45, 7) is 1.60. The number of amides is 2. The largest absolute Gasteiger partial charge is 0.394 e. The van der Waals surface area contributed by atoms with Crippen molar-refractivity contribution in [1.29, 1.82) is 0 Å². The molecule has 4 aromatic rings. The fraction of sp³-hybridized carbons (Fsp3) is 0.136. The van der Waals surface area contributed by atoms with Gasteiger partial charge in [0.15, 0.2) is 5.01 Å². The van der Waals surface area contributed by atoms with Gasteiger partial charge in [-0.05, 0) is 30.0 Å². The molecule has 0 spiro atoms. The van der Waals surface area contributed by atoms with Crippen LogP contribution >= 0.6 is 22.7 Å². The summed E-state index contributed by atoms with van der Waals surface area (Å²) in [5.41, 5.74) is 5.76. The number of nitrogens with zero attached hydrogens (tertiary/aromatic N) is 2. The van der Waals surface area contributed by atoms with Gasteiger partial charge in [-0.25, -0.2) is 14.8 Å². The van der Waals surface area contributed by atoms with E-state index in [1.807, 2.05) is 48.8 Å². The van der Waals surface area contributed by atoms with E-state index >= 15 is 0 Å². The van der Waals surface area contributed by atoms with E-state index in [0.29, 0.717) is 10.8 Å². The summed E-state index contributed by atoms with van der Waals surface area (Å²) in [5, 5.41) is 15.8. The van der Waals surface area contributed by atoms with Gasteiger partial charge in [-0.1, -0.05) is 36.4 Å². The first kappa shape index (κ1) is 20.0. The number of nitrogens with one attached hydrogen (secondary N) is 2. The van der Waals surface area contributed by atoms with Crippen LogP contribution in [0.25, 0.3) is 21.3 Å². The maximum Gasteiger partial charge on any atom is 0.320 e. The molecule has 0 bridgehead atoms. The highest BCUT2D eigenvalue weighted by Gasteiger charge is 2.16. The molecule has 2 aromatic carbocycles. The second-order valence-corrected chi connectivity index (χ2v) is 8.59. The molecule has 6 nitrogen and oxygen atoms in total. The number of carbonyl (C=O) groups is 1. The van der Waals surface area contributed by atoms with Gasteiger partial charge in [-0.3, -0.25) is 5.32 Å². The number of urea groups is 1. The molecule has 0 aliphatic heterocycles. The average molecular weight is 435 g/mol. The molecule has 1 atom stereocenters.